The molecule has 0 bridgehead atoms. The Labute approximate surface area is 87.7 Å². The van der Waals surface area contributed by atoms with Gasteiger partial charge >= 0.3 is 0 Å². The Morgan fingerprint density at radius 3 is 2.80 bits per heavy atom. The van der Waals surface area contributed by atoms with Crippen molar-refractivity contribution in [3.63, 3.8) is 0 Å². The fraction of sp³-hybridized carbons (Fsp3) is 0.500. The zero-order chi connectivity index (χ0) is 10.7. The van der Waals surface area contributed by atoms with Gasteiger partial charge in [0.05, 0.1) is 11.8 Å². The third-order valence-electron chi connectivity index (χ3n) is 2.55. The highest BCUT2D eigenvalue weighted by atomic mass is 16.2. The molecule has 1 saturated heterocycles. The van der Waals surface area contributed by atoms with Crippen molar-refractivity contribution in [2.75, 3.05) is 13.1 Å². The van der Waals surface area contributed by atoms with Crippen molar-refractivity contribution in [3.8, 4) is 0 Å². The molecule has 0 unspecified atom stereocenters. The molecule has 5 nitrogen and oxygen atoms in total. The summed E-state index contributed by atoms with van der Waals surface area (Å²) in [5.74, 6) is 0.0769. The Kier molecular flexibility index (Phi) is 2.80. The van der Waals surface area contributed by atoms with E-state index < -0.39 is 0 Å². The van der Waals surface area contributed by atoms with Crippen LogP contribution in [0.5, 0.6) is 0 Å². The minimum Gasteiger partial charge on any atom is -0.341 e. The van der Waals surface area contributed by atoms with Gasteiger partial charge in [0.2, 0.25) is 5.91 Å². The van der Waals surface area contributed by atoms with Gasteiger partial charge in [-0.2, -0.15) is 5.10 Å². The van der Waals surface area contributed by atoms with Crippen LogP contribution in [-0.2, 0) is 11.3 Å². The summed E-state index contributed by atoms with van der Waals surface area (Å²) >= 11 is 0. The second kappa shape index (κ2) is 4.25. The van der Waals surface area contributed by atoms with Gasteiger partial charge in [-0.1, -0.05) is 0 Å². The lowest BCUT2D eigenvalue weighted by molar-refractivity contribution is -0.130. The van der Waals surface area contributed by atoms with Crippen LogP contribution in [0.1, 0.15) is 23.2 Å². The number of hydrogen-bond donors (Lipinski definition) is 0. The Morgan fingerprint density at radius 2 is 2.20 bits per heavy atom. The van der Waals surface area contributed by atoms with Crippen LogP contribution in [-0.4, -0.2) is 40.0 Å². The monoisotopic (exact) mass is 207 g/mol. The van der Waals surface area contributed by atoms with Crippen LogP contribution in [0.15, 0.2) is 12.4 Å². The standard InChI is InChI=1S/C10H13N3O2/c14-8-9-5-11-13(6-9)7-10(15)12-3-1-2-4-12/h5-6,8H,1-4,7H2. The lowest BCUT2D eigenvalue weighted by Crippen LogP contribution is -2.31. The van der Waals surface area contributed by atoms with Gasteiger partial charge in [-0.05, 0) is 12.8 Å². The topological polar surface area (TPSA) is 55.2 Å². The number of amides is 1. The summed E-state index contributed by atoms with van der Waals surface area (Å²) in [7, 11) is 0. The molecule has 0 aliphatic carbocycles. The normalized spacial score (nSPS) is 15.6. The van der Waals surface area contributed by atoms with E-state index in [9.17, 15) is 9.59 Å². The highest BCUT2D eigenvalue weighted by Crippen LogP contribution is 2.08. The van der Waals surface area contributed by atoms with Gasteiger partial charge in [-0.25, -0.2) is 0 Å². The first-order chi connectivity index (χ1) is 7.29. The minimum absolute atomic E-state index is 0.0769. The third kappa shape index (κ3) is 2.23. The van der Waals surface area contributed by atoms with Crippen molar-refractivity contribution < 1.29 is 9.59 Å². The maximum atomic E-state index is 11.7. The summed E-state index contributed by atoms with van der Waals surface area (Å²) in [5.41, 5.74) is 0.504. The lowest BCUT2D eigenvalue weighted by atomic mass is 10.4. The molecule has 15 heavy (non-hydrogen) atoms. The number of aromatic nitrogens is 2. The van der Waals surface area contributed by atoms with E-state index in [2.05, 4.69) is 5.10 Å². The van der Waals surface area contributed by atoms with E-state index in [1.54, 1.807) is 6.20 Å². The molecule has 0 aromatic carbocycles. The molecule has 2 rings (SSSR count). The van der Waals surface area contributed by atoms with Crippen LogP contribution in [0.4, 0.5) is 0 Å². The first-order valence-electron chi connectivity index (χ1n) is 5.05. The van der Waals surface area contributed by atoms with E-state index in [0.29, 0.717) is 5.56 Å². The van der Waals surface area contributed by atoms with Crippen LogP contribution in [0, 0.1) is 0 Å². The Balaban J connectivity index is 1.95. The number of likely N-dealkylation sites (tertiary alicyclic amines) is 1. The predicted octanol–water partition coefficient (Wildman–Crippen LogP) is 0.318. The first-order valence-corrected chi connectivity index (χ1v) is 5.05. The largest absolute Gasteiger partial charge is 0.341 e. The molecule has 0 atom stereocenters. The van der Waals surface area contributed by atoms with Crippen molar-refractivity contribution in [1.29, 1.82) is 0 Å². The third-order valence-corrected chi connectivity index (χ3v) is 2.55. The summed E-state index contributed by atoms with van der Waals surface area (Å²) in [5, 5.41) is 3.94. The van der Waals surface area contributed by atoms with E-state index in [0.717, 1.165) is 32.2 Å². The van der Waals surface area contributed by atoms with Crippen LogP contribution >= 0.6 is 0 Å². The quantitative estimate of drug-likeness (QED) is 0.671. The molecular formula is C10H13N3O2. The number of carbonyl (C=O) groups excluding carboxylic acids is 2. The van der Waals surface area contributed by atoms with E-state index in [-0.39, 0.29) is 12.5 Å². The average Bonchev–Trinajstić information content (AvgIpc) is 2.87. The highest BCUT2D eigenvalue weighted by molar-refractivity contribution is 5.77. The second-order valence-electron chi connectivity index (χ2n) is 3.68. The van der Waals surface area contributed by atoms with E-state index in [1.165, 1.54) is 10.9 Å². The molecule has 1 amide bonds. The van der Waals surface area contributed by atoms with E-state index in [1.807, 2.05) is 4.90 Å². The van der Waals surface area contributed by atoms with Crippen molar-refractivity contribution in [2.24, 2.45) is 0 Å². The summed E-state index contributed by atoms with van der Waals surface area (Å²) < 4.78 is 1.50. The maximum absolute atomic E-state index is 11.7. The molecule has 1 fully saturated rings. The highest BCUT2D eigenvalue weighted by Gasteiger charge is 2.18. The van der Waals surface area contributed by atoms with E-state index >= 15 is 0 Å². The molecule has 0 saturated carbocycles. The summed E-state index contributed by atoms with van der Waals surface area (Å²) in [6.07, 6.45) is 5.95. The van der Waals surface area contributed by atoms with Gasteiger partial charge < -0.3 is 4.90 Å². The van der Waals surface area contributed by atoms with Crippen LogP contribution in [0.25, 0.3) is 0 Å². The number of rotatable bonds is 3. The Morgan fingerprint density at radius 1 is 1.47 bits per heavy atom. The summed E-state index contributed by atoms with van der Waals surface area (Å²) in [4.78, 5) is 23.9. The molecule has 1 aromatic rings. The van der Waals surface area contributed by atoms with Gasteiger partial charge in [-0.15, -0.1) is 0 Å². The number of hydrogen-bond acceptors (Lipinski definition) is 3. The van der Waals surface area contributed by atoms with Crippen molar-refractivity contribution in [1.82, 2.24) is 14.7 Å². The zero-order valence-corrected chi connectivity index (χ0v) is 8.43. The molecule has 1 aromatic heterocycles. The molecule has 0 spiro atoms. The fourth-order valence-corrected chi connectivity index (χ4v) is 1.73. The zero-order valence-electron chi connectivity index (χ0n) is 8.43. The van der Waals surface area contributed by atoms with Gasteiger partial charge in [-0.3, -0.25) is 14.3 Å². The van der Waals surface area contributed by atoms with Gasteiger partial charge in [0.1, 0.15) is 6.54 Å². The molecule has 80 valence electrons. The maximum Gasteiger partial charge on any atom is 0.244 e. The Bertz CT molecular complexity index is 366. The van der Waals surface area contributed by atoms with Crippen LogP contribution in [0.2, 0.25) is 0 Å². The number of nitrogens with zero attached hydrogens (tertiary/aromatic N) is 3. The SMILES string of the molecule is O=Cc1cnn(CC(=O)N2CCCC2)c1. The predicted molar refractivity (Wildman–Crippen MR) is 53.4 cm³/mol. The van der Waals surface area contributed by atoms with Crippen molar-refractivity contribution >= 4 is 12.2 Å². The fourth-order valence-electron chi connectivity index (χ4n) is 1.73. The van der Waals surface area contributed by atoms with E-state index in [4.69, 9.17) is 0 Å². The molecule has 0 N–H and O–H groups in total. The van der Waals surface area contributed by atoms with Gasteiger partial charge in [0.25, 0.3) is 0 Å². The molecular weight excluding hydrogens is 194 g/mol. The number of carbonyl (C=O) groups is 2. The van der Waals surface area contributed by atoms with Crippen molar-refractivity contribution in [2.45, 2.75) is 19.4 Å². The summed E-state index contributed by atoms with van der Waals surface area (Å²) in [6, 6.07) is 0. The number of aldehydes is 1. The molecule has 1 aliphatic heterocycles. The van der Waals surface area contributed by atoms with Crippen LogP contribution in [0.3, 0.4) is 0 Å². The van der Waals surface area contributed by atoms with Gasteiger partial charge in [0, 0.05) is 19.3 Å². The molecule has 2 heterocycles. The molecule has 1 aliphatic rings. The Hall–Kier alpha value is -1.65. The first kappa shape index (κ1) is 9.89. The smallest absolute Gasteiger partial charge is 0.244 e. The average molecular weight is 207 g/mol. The molecule has 5 heteroatoms. The lowest BCUT2D eigenvalue weighted by Gasteiger charge is -2.14. The minimum atomic E-state index is 0.0769. The second-order valence-corrected chi connectivity index (χ2v) is 3.68. The molecule has 0 radical (unpaired) electrons. The van der Waals surface area contributed by atoms with Crippen LogP contribution < -0.4 is 0 Å². The van der Waals surface area contributed by atoms with Crippen molar-refractivity contribution in [3.05, 3.63) is 18.0 Å². The van der Waals surface area contributed by atoms with Gasteiger partial charge in [0.15, 0.2) is 6.29 Å². The summed E-state index contributed by atoms with van der Waals surface area (Å²) in [6.45, 7) is 1.93.